The summed E-state index contributed by atoms with van der Waals surface area (Å²) in [5.74, 6) is -0.408. The molecule has 1 heterocycles. The highest BCUT2D eigenvalue weighted by molar-refractivity contribution is 5.89. The zero-order valence-electron chi connectivity index (χ0n) is 24.5. The number of esters is 3. The third-order valence-electron chi connectivity index (χ3n) is 6.46. The third-order valence-corrected chi connectivity index (χ3v) is 6.46. The van der Waals surface area contributed by atoms with Crippen LogP contribution in [0.25, 0.3) is 5.57 Å². The van der Waals surface area contributed by atoms with E-state index >= 15 is 0 Å². The van der Waals surface area contributed by atoms with E-state index in [1.54, 1.807) is 45.0 Å². The highest BCUT2D eigenvalue weighted by atomic mass is 16.6. The topological polar surface area (TPSA) is 108 Å². The van der Waals surface area contributed by atoms with Crippen molar-refractivity contribution in [3.05, 3.63) is 107 Å². The molecule has 1 aromatic carbocycles. The molecule has 0 saturated carbocycles. The lowest BCUT2D eigenvalue weighted by Crippen LogP contribution is -2.20. The summed E-state index contributed by atoms with van der Waals surface area (Å²) >= 11 is 0. The van der Waals surface area contributed by atoms with Gasteiger partial charge in [0.05, 0.1) is 13.2 Å². The lowest BCUT2D eigenvalue weighted by atomic mass is 9.95. The van der Waals surface area contributed by atoms with Crippen LogP contribution in [0.1, 0.15) is 58.4 Å². The van der Waals surface area contributed by atoms with E-state index in [-0.39, 0.29) is 13.2 Å². The van der Waals surface area contributed by atoms with Gasteiger partial charge in [0.2, 0.25) is 6.29 Å². The first-order valence-electron chi connectivity index (χ1n) is 13.8. The van der Waals surface area contributed by atoms with E-state index in [0.29, 0.717) is 71.5 Å². The number of hydrogen-bond acceptors (Lipinski definition) is 8. The smallest absolute Gasteiger partial charge is 0.338 e. The van der Waals surface area contributed by atoms with Gasteiger partial charge >= 0.3 is 17.9 Å². The molecular formula is C34H38O8. The fraction of sp³-hybridized carbons (Fsp3) is 0.324. The molecule has 0 spiro atoms. The first-order chi connectivity index (χ1) is 20.0. The van der Waals surface area contributed by atoms with Gasteiger partial charge in [0.25, 0.3) is 0 Å². The van der Waals surface area contributed by atoms with Crippen LogP contribution in [-0.2, 0) is 28.6 Å². The average molecular weight is 575 g/mol. The van der Waals surface area contributed by atoms with E-state index < -0.39 is 24.2 Å². The standard InChI is InChI=1S/C34H38O8/c1-21(2)31(35)39-17-7-9-24-11-12-27-20-29(25-13-15-28(16-14-25)41-33(37)23(5)6)34(38)42-30(27)26(19-24)10-8-18-40-32(36)22(3)4/h11,13-16,19-20,34,38H,1,3,5,7-10,12,17-18H2,2,4,6H3. The summed E-state index contributed by atoms with van der Waals surface area (Å²) in [5, 5.41) is 11.0. The Morgan fingerprint density at radius 1 is 0.857 bits per heavy atom. The monoisotopic (exact) mass is 574 g/mol. The van der Waals surface area contributed by atoms with Crippen LogP contribution in [0, 0.1) is 0 Å². The first-order valence-corrected chi connectivity index (χ1v) is 13.8. The number of carbonyl (C=O) groups excluding carboxylic acids is 3. The molecule has 1 unspecified atom stereocenters. The Labute approximate surface area is 247 Å². The molecule has 42 heavy (non-hydrogen) atoms. The minimum Gasteiger partial charge on any atom is -0.462 e. The van der Waals surface area contributed by atoms with Gasteiger partial charge in [0.15, 0.2) is 0 Å². The second-order valence-electron chi connectivity index (χ2n) is 10.3. The Morgan fingerprint density at radius 3 is 2.00 bits per heavy atom. The molecule has 0 radical (unpaired) electrons. The highest BCUT2D eigenvalue weighted by Gasteiger charge is 2.27. The Bertz CT molecular complexity index is 1380. The van der Waals surface area contributed by atoms with Crippen molar-refractivity contribution in [1.82, 2.24) is 0 Å². The summed E-state index contributed by atoms with van der Waals surface area (Å²) in [7, 11) is 0. The number of benzene rings is 1. The number of ether oxygens (including phenoxy) is 4. The minimum atomic E-state index is -1.22. The molecule has 1 aliphatic heterocycles. The Morgan fingerprint density at radius 2 is 1.43 bits per heavy atom. The molecule has 1 aliphatic carbocycles. The molecule has 1 N–H and O–H groups in total. The fourth-order valence-corrected chi connectivity index (χ4v) is 4.21. The van der Waals surface area contributed by atoms with Gasteiger partial charge in [-0.15, -0.1) is 0 Å². The number of allylic oxidation sites excluding steroid dienone is 6. The molecule has 8 nitrogen and oxygen atoms in total. The Kier molecular flexibility index (Phi) is 11.4. The van der Waals surface area contributed by atoms with Crippen LogP contribution in [-0.4, -0.2) is 42.5 Å². The van der Waals surface area contributed by atoms with Crippen molar-refractivity contribution in [2.45, 2.75) is 59.2 Å². The molecule has 8 heteroatoms. The molecule has 0 fully saturated rings. The molecule has 222 valence electrons. The van der Waals surface area contributed by atoms with Gasteiger partial charge < -0.3 is 24.1 Å². The summed E-state index contributed by atoms with van der Waals surface area (Å²) in [6.45, 7) is 16.1. The first kappa shape index (κ1) is 32.1. The third kappa shape index (κ3) is 9.04. The second-order valence-corrected chi connectivity index (χ2v) is 10.3. The Balaban J connectivity index is 1.81. The number of rotatable bonds is 13. The predicted molar refractivity (Wildman–Crippen MR) is 160 cm³/mol. The van der Waals surface area contributed by atoms with Gasteiger partial charge in [-0.1, -0.05) is 49.6 Å². The molecule has 0 aromatic heterocycles. The zero-order chi connectivity index (χ0) is 30.8. The van der Waals surface area contributed by atoms with E-state index in [0.717, 1.165) is 16.7 Å². The Hall–Kier alpha value is -4.43. The van der Waals surface area contributed by atoms with Gasteiger partial charge in [-0.3, -0.25) is 0 Å². The molecule has 3 rings (SSSR count). The van der Waals surface area contributed by atoms with Crippen molar-refractivity contribution in [2.75, 3.05) is 13.2 Å². The van der Waals surface area contributed by atoms with Gasteiger partial charge in [-0.25, -0.2) is 14.4 Å². The zero-order valence-corrected chi connectivity index (χ0v) is 24.5. The summed E-state index contributed by atoms with van der Waals surface area (Å²) in [6, 6.07) is 6.80. The minimum absolute atomic E-state index is 0.216. The van der Waals surface area contributed by atoms with E-state index in [1.165, 1.54) is 0 Å². The van der Waals surface area contributed by atoms with Gasteiger partial charge in [-0.2, -0.15) is 0 Å². The SMILES string of the molecule is C=C(C)C(=O)OCCCC1=CCC2=C(OC(O)C(c3ccc(OC(=O)C(=C)C)cc3)=C2)C(CCCOC(=O)C(=C)C)=C1. The van der Waals surface area contributed by atoms with Crippen molar-refractivity contribution >= 4 is 23.5 Å². The number of aliphatic hydroxyl groups is 1. The van der Waals surface area contributed by atoms with Crippen molar-refractivity contribution in [1.29, 1.82) is 0 Å². The van der Waals surface area contributed by atoms with Crippen molar-refractivity contribution in [3.8, 4) is 5.75 Å². The number of aliphatic hydroxyl groups excluding tert-OH is 1. The molecule has 2 aliphatic rings. The van der Waals surface area contributed by atoms with Crippen LogP contribution in [0.15, 0.2) is 101 Å². The molecule has 0 amide bonds. The van der Waals surface area contributed by atoms with Crippen LogP contribution in [0.5, 0.6) is 5.75 Å². The summed E-state index contributed by atoms with van der Waals surface area (Å²) in [4.78, 5) is 35.3. The average Bonchev–Trinajstić information content (AvgIpc) is 3.11. The van der Waals surface area contributed by atoms with Crippen LogP contribution in [0.3, 0.4) is 0 Å². The maximum Gasteiger partial charge on any atom is 0.338 e. The fourth-order valence-electron chi connectivity index (χ4n) is 4.21. The molecule has 1 aromatic rings. The van der Waals surface area contributed by atoms with E-state index in [4.69, 9.17) is 18.9 Å². The molecule has 0 saturated heterocycles. The van der Waals surface area contributed by atoms with Crippen molar-refractivity contribution in [3.63, 3.8) is 0 Å². The summed E-state index contributed by atoms with van der Waals surface area (Å²) in [5.41, 5.74) is 5.09. The lowest BCUT2D eigenvalue weighted by molar-refractivity contribution is -0.139. The molecule has 1 atom stereocenters. The molecular weight excluding hydrogens is 536 g/mol. The molecule has 0 bridgehead atoms. The van der Waals surface area contributed by atoms with Gasteiger partial charge in [0, 0.05) is 22.3 Å². The van der Waals surface area contributed by atoms with E-state index in [9.17, 15) is 19.5 Å². The van der Waals surface area contributed by atoms with Crippen LogP contribution >= 0.6 is 0 Å². The summed E-state index contributed by atoms with van der Waals surface area (Å²) < 4.78 is 21.9. The quantitative estimate of drug-likeness (QED) is 0.128. The van der Waals surface area contributed by atoms with Crippen LogP contribution in [0.4, 0.5) is 0 Å². The van der Waals surface area contributed by atoms with Gasteiger partial charge in [-0.05, 0) is 87.8 Å². The highest BCUT2D eigenvalue weighted by Crippen LogP contribution is 2.38. The van der Waals surface area contributed by atoms with Gasteiger partial charge in [0.1, 0.15) is 11.5 Å². The maximum absolute atomic E-state index is 11.8. The van der Waals surface area contributed by atoms with Crippen LogP contribution < -0.4 is 4.74 Å². The summed E-state index contributed by atoms with van der Waals surface area (Å²) in [6.07, 6.45) is 7.77. The van der Waals surface area contributed by atoms with E-state index in [1.807, 2.05) is 12.2 Å². The largest absolute Gasteiger partial charge is 0.462 e. The normalized spacial score (nSPS) is 16.0. The predicted octanol–water partition coefficient (Wildman–Crippen LogP) is 6.21. The van der Waals surface area contributed by atoms with Crippen molar-refractivity contribution < 1.29 is 38.4 Å². The van der Waals surface area contributed by atoms with Crippen LogP contribution in [0.2, 0.25) is 0 Å². The van der Waals surface area contributed by atoms with Crippen molar-refractivity contribution in [2.24, 2.45) is 0 Å². The maximum atomic E-state index is 11.8. The van der Waals surface area contributed by atoms with E-state index in [2.05, 4.69) is 25.8 Å². The number of hydrogen-bond donors (Lipinski definition) is 1. The lowest BCUT2D eigenvalue weighted by Gasteiger charge is -2.27. The number of carbonyl (C=O) groups is 3. The second kappa shape index (κ2) is 15.0.